The molecule has 10 nitrogen and oxygen atoms in total. The maximum absolute atomic E-state index is 12.3. The van der Waals surface area contributed by atoms with Gasteiger partial charge in [-0.25, -0.2) is 5.43 Å². The number of nitro groups is 1. The highest BCUT2D eigenvalue weighted by Crippen LogP contribution is 2.33. The number of aryl methyl sites for hydroxylation is 2. The van der Waals surface area contributed by atoms with Crippen LogP contribution < -0.4 is 10.2 Å². The van der Waals surface area contributed by atoms with Crippen molar-refractivity contribution in [3.8, 4) is 11.5 Å². The summed E-state index contributed by atoms with van der Waals surface area (Å²) in [6.07, 6.45) is 1.11. The van der Waals surface area contributed by atoms with Gasteiger partial charge in [-0.1, -0.05) is 12.1 Å². The number of carbonyl (C=O) groups is 1. The molecule has 10 heteroatoms. The van der Waals surface area contributed by atoms with Crippen molar-refractivity contribution in [1.82, 2.24) is 15.2 Å². The van der Waals surface area contributed by atoms with Gasteiger partial charge in [0.2, 0.25) is 0 Å². The van der Waals surface area contributed by atoms with Gasteiger partial charge in [0.1, 0.15) is 0 Å². The molecule has 0 aliphatic rings. The van der Waals surface area contributed by atoms with E-state index in [9.17, 15) is 20.0 Å². The zero-order chi connectivity index (χ0) is 22.5. The van der Waals surface area contributed by atoms with Crippen molar-refractivity contribution in [3.63, 3.8) is 0 Å². The molecule has 1 aromatic heterocycles. The molecule has 1 heterocycles. The molecule has 0 bridgehead atoms. The fourth-order valence-electron chi connectivity index (χ4n) is 2.97. The van der Waals surface area contributed by atoms with Crippen LogP contribution in [-0.2, 0) is 6.54 Å². The third-order valence-electron chi connectivity index (χ3n) is 4.54. The summed E-state index contributed by atoms with van der Waals surface area (Å²) in [7, 11) is 1.28. The van der Waals surface area contributed by atoms with Gasteiger partial charge in [0, 0.05) is 22.9 Å². The van der Waals surface area contributed by atoms with Gasteiger partial charge < -0.3 is 9.84 Å². The number of aromatic nitrogens is 2. The SMILES string of the molecule is COc1cc([N+](=O)[O-])cc(/C=N/NC(=O)c2ccc(Cn3nc(C)cc3C)cc2)c1O. The van der Waals surface area contributed by atoms with E-state index in [4.69, 9.17) is 4.74 Å². The Bertz CT molecular complexity index is 1150. The summed E-state index contributed by atoms with van der Waals surface area (Å²) in [4.78, 5) is 22.7. The van der Waals surface area contributed by atoms with Crippen molar-refractivity contribution >= 4 is 17.8 Å². The zero-order valence-corrected chi connectivity index (χ0v) is 17.2. The number of hydrazone groups is 1. The van der Waals surface area contributed by atoms with E-state index >= 15 is 0 Å². The van der Waals surface area contributed by atoms with E-state index in [1.54, 1.807) is 12.1 Å². The predicted octanol–water partition coefficient (Wildman–Crippen LogP) is 2.93. The standard InChI is InChI=1S/C21H21N5O5/c1-13-8-14(2)25(24-13)12-15-4-6-16(7-5-15)21(28)23-22-11-17-9-18(26(29)30)10-19(31-3)20(17)27/h4-11,27H,12H2,1-3H3,(H,23,28)/b22-11+. The number of phenolic OH excluding ortho intramolecular Hbond substituents is 1. The second-order valence-electron chi connectivity index (χ2n) is 6.82. The average molecular weight is 423 g/mol. The number of amides is 1. The predicted molar refractivity (Wildman–Crippen MR) is 114 cm³/mol. The molecule has 0 fully saturated rings. The average Bonchev–Trinajstić information content (AvgIpc) is 3.06. The monoisotopic (exact) mass is 423 g/mol. The number of rotatable bonds is 7. The quantitative estimate of drug-likeness (QED) is 0.341. The van der Waals surface area contributed by atoms with Gasteiger partial charge in [-0.05, 0) is 37.6 Å². The number of nitrogens with one attached hydrogen (secondary N) is 1. The first-order chi connectivity index (χ1) is 14.8. The van der Waals surface area contributed by atoms with Crippen molar-refractivity contribution in [1.29, 1.82) is 0 Å². The molecule has 0 spiro atoms. The van der Waals surface area contributed by atoms with Crippen LogP contribution in [0.25, 0.3) is 0 Å². The Labute approximate surface area is 177 Å². The largest absolute Gasteiger partial charge is 0.504 e. The molecule has 0 radical (unpaired) electrons. The van der Waals surface area contributed by atoms with Crippen LogP contribution >= 0.6 is 0 Å². The van der Waals surface area contributed by atoms with Gasteiger partial charge in [0.15, 0.2) is 11.5 Å². The molecule has 0 saturated carbocycles. The number of hydrogen-bond acceptors (Lipinski definition) is 7. The highest BCUT2D eigenvalue weighted by atomic mass is 16.6. The first-order valence-corrected chi connectivity index (χ1v) is 9.27. The second-order valence-corrected chi connectivity index (χ2v) is 6.82. The van der Waals surface area contributed by atoms with Crippen LogP contribution in [0.3, 0.4) is 0 Å². The van der Waals surface area contributed by atoms with Crippen LogP contribution in [0.1, 0.15) is 32.9 Å². The molecule has 1 amide bonds. The number of nitro benzene ring substituents is 1. The number of methoxy groups -OCH3 is 1. The Morgan fingerprint density at radius 2 is 2.00 bits per heavy atom. The lowest BCUT2D eigenvalue weighted by atomic mass is 10.1. The summed E-state index contributed by atoms with van der Waals surface area (Å²) < 4.78 is 6.81. The van der Waals surface area contributed by atoms with Crippen LogP contribution in [0.5, 0.6) is 11.5 Å². The van der Waals surface area contributed by atoms with Crippen molar-refractivity contribution < 1.29 is 19.6 Å². The minimum absolute atomic E-state index is 0.0339. The third kappa shape index (κ3) is 5.04. The number of ether oxygens (including phenoxy) is 1. The van der Waals surface area contributed by atoms with Crippen LogP contribution in [0.15, 0.2) is 47.6 Å². The summed E-state index contributed by atoms with van der Waals surface area (Å²) in [5, 5.41) is 29.3. The number of nitrogens with zero attached hydrogens (tertiary/aromatic N) is 4. The van der Waals surface area contributed by atoms with E-state index in [2.05, 4.69) is 15.6 Å². The van der Waals surface area contributed by atoms with Gasteiger partial charge in [-0.15, -0.1) is 0 Å². The minimum atomic E-state index is -0.620. The number of carbonyl (C=O) groups excluding carboxylic acids is 1. The fourth-order valence-corrected chi connectivity index (χ4v) is 2.97. The highest BCUT2D eigenvalue weighted by Gasteiger charge is 2.16. The van der Waals surface area contributed by atoms with Crippen molar-refractivity contribution in [2.45, 2.75) is 20.4 Å². The van der Waals surface area contributed by atoms with Crippen LogP contribution in [0, 0.1) is 24.0 Å². The normalized spacial score (nSPS) is 10.9. The molecule has 2 N–H and O–H groups in total. The zero-order valence-electron chi connectivity index (χ0n) is 17.2. The van der Waals surface area contributed by atoms with Gasteiger partial charge >= 0.3 is 0 Å². The topological polar surface area (TPSA) is 132 Å². The molecule has 0 saturated heterocycles. The van der Waals surface area contributed by atoms with Crippen LogP contribution in [0.4, 0.5) is 5.69 Å². The Hall–Kier alpha value is -4.21. The molecule has 0 atom stereocenters. The lowest BCUT2D eigenvalue weighted by Crippen LogP contribution is -2.17. The van der Waals surface area contributed by atoms with E-state index in [1.165, 1.54) is 7.11 Å². The number of benzene rings is 2. The van der Waals surface area contributed by atoms with E-state index < -0.39 is 10.8 Å². The maximum Gasteiger partial charge on any atom is 0.274 e. The molecule has 0 aliphatic heterocycles. The molecular formula is C21H21N5O5. The van der Waals surface area contributed by atoms with Crippen molar-refractivity contribution in [2.75, 3.05) is 7.11 Å². The maximum atomic E-state index is 12.3. The molecule has 3 rings (SSSR count). The van der Waals surface area contributed by atoms with Gasteiger partial charge in [0.05, 0.1) is 36.6 Å². The highest BCUT2D eigenvalue weighted by molar-refractivity contribution is 5.95. The van der Waals surface area contributed by atoms with E-state index in [-0.39, 0.29) is 22.7 Å². The Balaban J connectivity index is 1.68. The molecular weight excluding hydrogens is 402 g/mol. The van der Waals surface area contributed by atoms with Crippen LogP contribution in [-0.4, -0.2) is 39.0 Å². The Morgan fingerprint density at radius 1 is 1.29 bits per heavy atom. The number of hydrogen-bond donors (Lipinski definition) is 2. The lowest BCUT2D eigenvalue weighted by Gasteiger charge is -2.07. The van der Waals surface area contributed by atoms with E-state index in [1.807, 2.05) is 36.7 Å². The Morgan fingerprint density at radius 3 is 2.58 bits per heavy atom. The van der Waals surface area contributed by atoms with Crippen molar-refractivity contribution in [3.05, 3.63) is 80.7 Å². The van der Waals surface area contributed by atoms with Gasteiger partial charge in [-0.3, -0.25) is 19.6 Å². The lowest BCUT2D eigenvalue weighted by molar-refractivity contribution is -0.385. The summed E-state index contributed by atoms with van der Waals surface area (Å²) in [6, 6.07) is 11.2. The van der Waals surface area contributed by atoms with Gasteiger partial charge in [-0.2, -0.15) is 10.2 Å². The molecule has 3 aromatic rings. The molecule has 31 heavy (non-hydrogen) atoms. The summed E-state index contributed by atoms with van der Waals surface area (Å²) in [6.45, 7) is 4.50. The van der Waals surface area contributed by atoms with Gasteiger partial charge in [0.25, 0.3) is 11.6 Å². The number of aromatic hydroxyl groups is 1. The van der Waals surface area contributed by atoms with Crippen LogP contribution in [0.2, 0.25) is 0 Å². The van der Waals surface area contributed by atoms with Crippen molar-refractivity contribution in [2.24, 2.45) is 5.10 Å². The third-order valence-corrected chi connectivity index (χ3v) is 4.54. The molecule has 160 valence electrons. The molecule has 0 unspecified atom stereocenters. The first kappa shape index (κ1) is 21.5. The second kappa shape index (κ2) is 9.08. The fraction of sp³-hybridized carbons (Fsp3) is 0.190. The first-order valence-electron chi connectivity index (χ1n) is 9.27. The number of phenols is 1. The summed E-state index contributed by atoms with van der Waals surface area (Å²) in [5.74, 6) is -0.856. The molecule has 2 aromatic carbocycles. The summed E-state index contributed by atoms with van der Waals surface area (Å²) in [5.41, 5.74) is 5.45. The van der Waals surface area contributed by atoms with E-state index in [0.717, 1.165) is 35.3 Å². The smallest absolute Gasteiger partial charge is 0.274 e. The number of non-ortho nitro benzene ring substituents is 1. The molecule has 0 aliphatic carbocycles. The Kier molecular flexibility index (Phi) is 6.29. The minimum Gasteiger partial charge on any atom is -0.504 e. The van der Waals surface area contributed by atoms with E-state index in [0.29, 0.717) is 12.1 Å². The summed E-state index contributed by atoms with van der Waals surface area (Å²) >= 11 is 0.